The van der Waals surface area contributed by atoms with Crippen molar-refractivity contribution in [1.82, 2.24) is 14.6 Å². The summed E-state index contributed by atoms with van der Waals surface area (Å²) in [6.07, 6.45) is 5.59. The molecule has 0 aromatic carbocycles. The van der Waals surface area contributed by atoms with Gasteiger partial charge in [-0.25, -0.2) is 9.31 Å². The molecule has 0 spiro atoms. The van der Waals surface area contributed by atoms with Gasteiger partial charge in [0.2, 0.25) is 0 Å². The van der Waals surface area contributed by atoms with Crippen molar-refractivity contribution in [3.8, 4) is 18.2 Å². The Labute approximate surface area is 98.5 Å². The Morgan fingerprint density at radius 3 is 3.06 bits per heavy atom. The topological polar surface area (TPSA) is 82.5 Å². The van der Waals surface area contributed by atoms with E-state index in [0.717, 1.165) is 0 Å². The van der Waals surface area contributed by atoms with E-state index >= 15 is 0 Å². The number of nitrogens with two attached hydrogens (primary N) is 1. The number of carbonyl (C=O) groups excluding carboxylic acids is 1. The fraction of sp³-hybridized carbons (Fsp3) is 0. The summed E-state index contributed by atoms with van der Waals surface area (Å²) < 4.78 is 6.82. The minimum absolute atomic E-state index is 0.0288. The van der Waals surface area contributed by atoms with Crippen LogP contribution in [-0.4, -0.2) is 20.7 Å². The molecule has 2 heterocycles. The molecule has 2 aromatic rings. The molecule has 6 nitrogen and oxygen atoms in total. The van der Waals surface area contributed by atoms with E-state index in [9.17, 15) is 4.79 Å². The lowest BCUT2D eigenvalue weighted by Crippen LogP contribution is -2.17. The number of ether oxygens (including phenoxy) is 1. The Balaban J connectivity index is 2.75. The smallest absolute Gasteiger partial charge is 0.389 e. The molecule has 1 amide bonds. The van der Waals surface area contributed by atoms with Gasteiger partial charge in [0.05, 0.1) is 5.56 Å². The molecule has 0 aliphatic heterocycles. The predicted molar refractivity (Wildman–Crippen MR) is 58.8 cm³/mol. The normalized spacial score (nSPS) is 10.0. The van der Waals surface area contributed by atoms with Crippen LogP contribution in [0.4, 0.5) is 4.79 Å². The molecule has 2 N–H and O–H groups in total. The van der Waals surface area contributed by atoms with Crippen LogP contribution in [0.5, 0.6) is 5.88 Å². The SMILES string of the molecule is C#Cc1cc(Br)n2ncnc(OC(N)=O)c12. The van der Waals surface area contributed by atoms with E-state index in [-0.39, 0.29) is 5.88 Å². The first kappa shape index (κ1) is 10.4. The van der Waals surface area contributed by atoms with Crippen molar-refractivity contribution in [3.05, 3.63) is 22.6 Å². The Hall–Kier alpha value is -2.07. The third-order valence-corrected chi connectivity index (χ3v) is 2.39. The number of hydrogen-bond donors (Lipinski definition) is 1. The highest BCUT2D eigenvalue weighted by atomic mass is 79.9. The molecule has 2 rings (SSSR count). The summed E-state index contributed by atoms with van der Waals surface area (Å²) in [7, 11) is 0. The number of halogens is 1. The van der Waals surface area contributed by atoms with Gasteiger partial charge >= 0.3 is 6.09 Å². The maximum absolute atomic E-state index is 10.7. The number of terminal acetylenes is 1. The van der Waals surface area contributed by atoms with Gasteiger partial charge in [-0.05, 0) is 22.0 Å². The van der Waals surface area contributed by atoms with E-state index in [1.807, 2.05) is 0 Å². The summed E-state index contributed by atoms with van der Waals surface area (Å²) >= 11 is 3.26. The number of primary amides is 1. The first-order valence-corrected chi connectivity index (χ1v) is 4.89. The van der Waals surface area contributed by atoms with Gasteiger partial charge < -0.3 is 10.5 Å². The molecule has 0 saturated heterocycles. The fourth-order valence-corrected chi connectivity index (χ4v) is 1.76. The van der Waals surface area contributed by atoms with Gasteiger partial charge in [-0.2, -0.15) is 10.1 Å². The molecule has 0 bridgehead atoms. The van der Waals surface area contributed by atoms with Crippen LogP contribution in [0, 0.1) is 12.3 Å². The minimum Gasteiger partial charge on any atom is -0.389 e. The van der Waals surface area contributed by atoms with Gasteiger partial charge in [-0.3, -0.25) is 0 Å². The summed E-state index contributed by atoms with van der Waals surface area (Å²) in [6, 6.07) is 1.66. The summed E-state index contributed by atoms with van der Waals surface area (Å²) in [5.74, 6) is 2.47. The number of hydrogen-bond acceptors (Lipinski definition) is 4. The zero-order chi connectivity index (χ0) is 11.7. The zero-order valence-electron chi connectivity index (χ0n) is 7.85. The fourth-order valence-electron chi connectivity index (χ4n) is 1.26. The third kappa shape index (κ3) is 1.59. The van der Waals surface area contributed by atoms with Crippen LogP contribution < -0.4 is 10.5 Å². The number of amides is 1. The monoisotopic (exact) mass is 280 g/mol. The van der Waals surface area contributed by atoms with Crippen LogP contribution in [0.1, 0.15) is 5.56 Å². The van der Waals surface area contributed by atoms with Crippen LogP contribution in [-0.2, 0) is 0 Å². The largest absolute Gasteiger partial charge is 0.411 e. The minimum atomic E-state index is -0.958. The molecule has 7 heteroatoms. The standard InChI is InChI=1S/C9H5BrN4O2/c1-2-5-3-6(10)14-7(5)8(12-4-13-14)16-9(11)15/h1,3-4H,(H2,11,15). The van der Waals surface area contributed by atoms with Crippen LogP contribution in [0.3, 0.4) is 0 Å². The van der Waals surface area contributed by atoms with E-state index in [2.05, 4.69) is 31.9 Å². The average Bonchev–Trinajstić information content (AvgIpc) is 2.56. The van der Waals surface area contributed by atoms with E-state index < -0.39 is 6.09 Å². The summed E-state index contributed by atoms with van der Waals surface area (Å²) in [6.45, 7) is 0. The van der Waals surface area contributed by atoms with Crippen molar-refractivity contribution in [1.29, 1.82) is 0 Å². The number of fused-ring (bicyclic) bond motifs is 1. The third-order valence-electron chi connectivity index (χ3n) is 1.83. The molecule has 0 fully saturated rings. The Bertz CT molecular complexity index is 614. The van der Waals surface area contributed by atoms with E-state index in [1.54, 1.807) is 6.07 Å². The first-order valence-electron chi connectivity index (χ1n) is 4.09. The lowest BCUT2D eigenvalue weighted by molar-refractivity contribution is 0.209. The second kappa shape index (κ2) is 3.83. The Kier molecular flexibility index (Phi) is 2.50. The van der Waals surface area contributed by atoms with Crippen molar-refractivity contribution in [2.24, 2.45) is 5.73 Å². The van der Waals surface area contributed by atoms with Gasteiger partial charge in [0.15, 0.2) is 0 Å². The van der Waals surface area contributed by atoms with Crippen molar-refractivity contribution < 1.29 is 9.53 Å². The molecular formula is C9H5BrN4O2. The lowest BCUT2D eigenvalue weighted by Gasteiger charge is -2.02. The molecule has 0 radical (unpaired) electrons. The molecule has 0 saturated carbocycles. The number of carbonyl (C=O) groups is 1. The van der Waals surface area contributed by atoms with Crippen LogP contribution >= 0.6 is 15.9 Å². The van der Waals surface area contributed by atoms with Crippen LogP contribution in [0.25, 0.3) is 5.52 Å². The molecule has 80 valence electrons. The molecule has 0 aliphatic carbocycles. The second-order valence-corrected chi connectivity index (χ2v) is 3.58. The van der Waals surface area contributed by atoms with Gasteiger partial charge in [0.25, 0.3) is 5.88 Å². The Morgan fingerprint density at radius 2 is 2.44 bits per heavy atom. The van der Waals surface area contributed by atoms with E-state index in [0.29, 0.717) is 15.7 Å². The second-order valence-electron chi connectivity index (χ2n) is 2.77. The highest BCUT2D eigenvalue weighted by Crippen LogP contribution is 2.25. The molecule has 2 aromatic heterocycles. The van der Waals surface area contributed by atoms with Crippen LogP contribution in [0.2, 0.25) is 0 Å². The lowest BCUT2D eigenvalue weighted by atomic mass is 10.3. The zero-order valence-corrected chi connectivity index (χ0v) is 9.43. The molecule has 0 atom stereocenters. The number of rotatable bonds is 1. The van der Waals surface area contributed by atoms with Gasteiger partial charge in [0, 0.05) is 0 Å². The van der Waals surface area contributed by atoms with Crippen molar-refractivity contribution >= 4 is 27.5 Å². The molecule has 16 heavy (non-hydrogen) atoms. The quantitative estimate of drug-likeness (QED) is 0.788. The van der Waals surface area contributed by atoms with Crippen molar-refractivity contribution in [2.45, 2.75) is 0 Å². The number of aromatic nitrogens is 3. The molecule has 0 aliphatic rings. The Morgan fingerprint density at radius 1 is 1.69 bits per heavy atom. The molecule has 0 unspecified atom stereocenters. The average molecular weight is 281 g/mol. The maximum Gasteiger partial charge on any atom is 0.411 e. The van der Waals surface area contributed by atoms with Gasteiger partial charge in [-0.15, -0.1) is 6.42 Å². The van der Waals surface area contributed by atoms with E-state index in [4.69, 9.17) is 16.9 Å². The number of nitrogens with zero attached hydrogens (tertiary/aromatic N) is 3. The van der Waals surface area contributed by atoms with Crippen molar-refractivity contribution in [2.75, 3.05) is 0 Å². The highest BCUT2D eigenvalue weighted by Gasteiger charge is 2.14. The maximum atomic E-state index is 10.7. The summed E-state index contributed by atoms with van der Waals surface area (Å²) in [5.41, 5.74) is 5.84. The predicted octanol–water partition coefficient (Wildman–Crippen LogP) is 0.931. The first-order chi connectivity index (χ1) is 7.63. The highest BCUT2D eigenvalue weighted by molar-refractivity contribution is 9.10. The van der Waals surface area contributed by atoms with Gasteiger partial charge in [-0.1, -0.05) is 5.92 Å². The van der Waals surface area contributed by atoms with Crippen LogP contribution in [0.15, 0.2) is 17.0 Å². The molecular weight excluding hydrogens is 276 g/mol. The van der Waals surface area contributed by atoms with Gasteiger partial charge in [0.1, 0.15) is 16.4 Å². The van der Waals surface area contributed by atoms with E-state index in [1.165, 1.54) is 10.8 Å². The summed E-state index contributed by atoms with van der Waals surface area (Å²) in [4.78, 5) is 14.5. The van der Waals surface area contributed by atoms with Crippen molar-refractivity contribution in [3.63, 3.8) is 0 Å². The summed E-state index contributed by atoms with van der Waals surface area (Å²) in [5, 5.41) is 3.95.